The molecule has 0 aromatic carbocycles. The summed E-state index contributed by atoms with van der Waals surface area (Å²) in [4.78, 5) is 22.2. The normalized spacial score (nSPS) is 15.8. The number of nitrogens with zero attached hydrogens (tertiary/aromatic N) is 5. The van der Waals surface area contributed by atoms with Crippen molar-refractivity contribution in [2.45, 2.75) is 0 Å². The minimum atomic E-state index is 0.0788. The maximum absolute atomic E-state index is 12.2. The Morgan fingerprint density at radius 3 is 2.80 bits per heavy atom. The van der Waals surface area contributed by atoms with Crippen LogP contribution in [0.1, 0.15) is 5.56 Å². The smallest absolute Gasteiger partial charge is 0.242 e. The van der Waals surface area contributed by atoms with E-state index >= 15 is 0 Å². The van der Waals surface area contributed by atoms with Crippen LogP contribution in [-0.2, 0) is 4.79 Å². The molecule has 0 spiro atoms. The molecule has 1 saturated heterocycles. The molecule has 0 atom stereocenters. The van der Waals surface area contributed by atoms with Crippen LogP contribution in [0, 0.1) is 11.3 Å². The number of likely N-dealkylation sites (N-methyl/N-ethyl adjacent to an activating group) is 2. The molecule has 2 heterocycles. The van der Waals surface area contributed by atoms with Gasteiger partial charge in [-0.15, -0.1) is 0 Å². The van der Waals surface area contributed by atoms with Crippen molar-refractivity contribution in [3.05, 3.63) is 23.9 Å². The van der Waals surface area contributed by atoms with E-state index < -0.39 is 0 Å². The highest BCUT2D eigenvalue weighted by atomic mass is 16.2. The molecule has 0 radical (unpaired) electrons. The molecule has 6 heteroatoms. The van der Waals surface area contributed by atoms with E-state index in [0.29, 0.717) is 11.4 Å². The molecule has 0 bridgehead atoms. The van der Waals surface area contributed by atoms with E-state index in [1.165, 1.54) is 0 Å². The predicted molar refractivity (Wildman–Crippen MR) is 76.3 cm³/mol. The number of rotatable bonds is 3. The monoisotopic (exact) mass is 273 g/mol. The van der Waals surface area contributed by atoms with Crippen molar-refractivity contribution in [3.63, 3.8) is 0 Å². The Bertz CT molecular complexity index is 517. The van der Waals surface area contributed by atoms with Gasteiger partial charge in [0.2, 0.25) is 5.91 Å². The van der Waals surface area contributed by atoms with Crippen LogP contribution in [0.2, 0.25) is 0 Å². The Balaban J connectivity index is 1.99. The highest BCUT2D eigenvalue weighted by Crippen LogP contribution is 2.14. The van der Waals surface area contributed by atoms with Gasteiger partial charge in [-0.2, -0.15) is 5.26 Å². The minimum absolute atomic E-state index is 0.0788. The van der Waals surface area contributed by atoms with Gasteiger partial charge in [-0.05, 0) is 19.2 Å². The summed E-state index contributed by atoms with van der Waals surface area (Å²) in [5, 5.41) is 9.06. The third-order valence-electron chi connectivity index (χ3n) is 3.50. The van der Waals surface area contributed by atoms with Gasteiger partial charge in [-0.25, -0.2) is 4.98 Å². The SMILES string of the molecule is CN1CCN(C(=O)CN(C)c2ncccc2C#N)CC1. The van der Waals surface area contributed by atoms with Crippen LogP contribution < -0.4 is 4.90 Å². The number of amides is 1. The first-order valence-electron chi connectivity index (χ1n) is 6.64. The van der Waals surface area contributed by atoms with Crippen LogP contribution in [-0.4, -0.2) is 67.5 Å². The molecule has 1 fully saturated rings. The second-order valence-corrected chi connectivity index (χ2v) is 5.03. The van der Waals surface area contributed by atoms with Crippen molar-refractivity contribution in [1.29, 1.82) is 5.26 Å². The number of nitriles is 1. The van der Waals surface area contributed by atoms with Crippen molar-refractivity contribution in [3.8, 4) is 6.07 Å². The standard InChI is InChI=1S/C14H19N5O/c1-17-6-8-19(9-7-17)13(20)11-18(2)14-12(10-15)4-3-5-16-14/h3-5H,6-9,11H2,1-2H3. The quantitative estimate of drug-likeness (QED) is 0.785. The zero-order valence-corrected chi connectivity index (χ0v) is 11.9. The topological polar surface area (TPSA) is 63.5 Å². The average molecular weight is 273 g/mol. The lowest BCUT2D eigenvalue weighted by Gasteiger charge is -2.33. The summed E-state index contributed by atoms with van der Waals surface area (Å²) in [6.07, 6.45) is 1.63. The first-order valence-corrected chi connectivity index (χ1v) is 6.64. The summed E-state index contributed by atoms with van der Waals surface area (Å²) in [6, 6.07) is 5.53. The third-order valence-corrected chi connectivity index (χ3v) is 3.50. The van der Waals surface area contributed by atoms with Gasteiger partial charge in [0.25, 0.3) is 0 Å². The number of hydrogen-bond donors (Lipinski definition) is 0. The van der Waals surface area contributed by atoms with Crippen LogP contribution in [0.3, 0.4) is 0 Å². The number of carbonyl (C=O) groups is 1. The van der Waals surface area contributed by atoms with Crippen molar-refractivity contribution in [2.75, 3.05) is 51.7 Å². The molecule has 1 aromatic heterocycles. The largest absolute Gasteiger partial charge is 0.349 e. The van der Waals surface area contributed by atoms with E-state index in [9.17, 15) is 4.79 Å². The van der Waals surface area contributed by atoms with Crippen molar-refractivity contribution >= 4 is 11.7 Å². The molecular formula is C14H19N5O. The lowest BCUT2D eigenvalue weighted by molar-refractivity contribution is -0.131. The van der Waals surface area contributed by atoms with Gasteiger partial charge in [-0.1, -0.05) is 0 Å². The maximum Gasteiger partial charge on any atom is 0.242 e. The lowest BCUT2D eigenvalue weighted by atomic mass is 10.2. The molecule has 6 nitrogen and oxygen atoms in total. The van der Waals surface area contributed by atoms with Crippen LogP contribution in [0.4, 0.5) is 5.82 Å². The first-order chi connectivity index (χ1) is 9.61. The Labute approximate surface area is 119 Å². The van der Waals surface area contributed by atoms with Gasteiger partial charge in [0.05, 0.1) is 12.1 Å². The summed E-state index contributed by atoms with van der Waals surface area (Å²) < 4.78 is 0. The number of carbonyl (C=O) groups excluding carboxylic acids is 1. The van der Waals surface area contributed by atoms with E-state index in [4.69, 9.17) is 5.26 Å². The fourth-order valence-electron chi connectivity index (χ4n) is 2.22. The second-order valence-electron chi connectivity index (χ2n) is 5.03. The third kappa shape index (κ3) is 3.25. The predicted octanol–water partition coefficient (Wildman–Crippen LogP) is 0.163. The molecule has 106 valence electrons. The average Bonchev–Trinajstić information content (AvgIpc) is 2.47. The molecule has 1 aromatic rings. The second kappa shape index (κ2) is 6.35. The van der Waals surface area contributed by atoms with Gasteiger partial charge in [0, 0.05) is 39.4 Å². The molecule has 0 aliphatic carbocycles. The van der Waals surface area contributed by atoms with E-state index in [2.05, 4.69) is 23.0 Å². The maximum atomic E-state index is 12.2. The molecule has 1 amide bonds. The number of aromatic nitrogens is 1. The highest BCUT2D eigenvalue weighted by Gasteiger charge is 2.21. The number of anilines is 1. The van der Waals surface area contributed by atoms with Crippen molar-refractivity contribution < 1.29 is 4.79 Å². The molecule has 2 rings (SSSR count). The van der Waals surface area contributed by atoms with E-state index in [1.807, 2.05) is 4.90 Å². The summed E-state index contributed by atoms with van der Waals surface area (Å²) in [5.41, 5.74) is 0.487. The van der Waals surface area contributed by atoms with Crippen LogP contribution >= 0.6 is 0 Å². The zero-order chi connectivity index (χ0) is 14.5. The highest BCUT2D eigenvalue weighted by molar-refractivity contribution is 5.81. The molecule has 0 unspecified atom stereocenters. The van der Waals surface area contributed by atoms with Crippen molar-refractivity contribution in [1.82, 2.24) is 14.8 Å². The summed E-state index contributed by atoms with van der Waals surface area (Å²) in [5.74, 6) is 0.632. The fourth-order valence-corrected chi connectivity index (χ4v) is 2.22. The molecule has 1 aliphatic rings. The molecule has 1 aliphatic heterocycles. The van der Waals surface area contributed by atoms with E-state index in [-0.39, 0.29) is 12.5 Å². The zero-order valence-electron chi connectivity index (χ0n) is 11.9. The summed E-state index contributed by atoms with van der Waals surface area (Å²) >= 11 is 0. The molecule has 0 N–H and O–H groups in total. The van der Waals surface area contributed by atoms with Crippen LogP contribution in [0.15, 0.2) is 18.3 Å². The van der Waals surface area contributed by atoms with E-state index in [1.54, 1.807) is 30.3 Å². The van der Waals surface area contributed by atoms with Crippen molar-refractivity contribution in [2.24, 2.45) is 0 Å². The van der Waals surface area contributed by atoms with Gasteiger partial charge < -0.3 is 14.7 Å². The number of piperazine rings is 1. The molecule has 0 saturated carbocycles. The van der Waals surface area contributed by atoms with Gasteiger partial charge >= 0.3 is 0 Å². The van der Waals surface area contributed by atoms with Gasteiger partial charge in [0.1, 0.15) is 11.9 Å². The molecular weight excluding hydrogens is 254 g/mol. The first kappa shape index (κ1) is 14.3. The number of pyridine rings is 1. The van der Waals surface area contributed by atoms with E-state index in [0.717, 1.165) is 26.2 Å². The fraction of sp³-hybridized carbons (Fsp3) is 0.500. The number of hydrogen-bond acceptors (Lipinski definition) is 5. The Morgan fingerprint density at radius 2 is 2.15 bits per heavy atom. The summed E-state index contributed by atoms with van der Waals surface area (Å²) in [6.45, 7) is 3.58. The van der Waals surface area contributed by atoms with Gasteiger partial charge in [-0.3, -0.25) is 4.79 Å². The summed E-state index contributed by atoms with van der Waals surface area (Å²) in [7, 11) is 3.85. The van der Waals surface area contributed by atoms with Crippen LogP contribution in [0.5, 0.6) is 0 Å². The lowest BCUT2D eigenvalue weighted by Crippen LogP contribution is -2.49. The Hall–Kier alpha value is -2.13. The molecule has 20 heavy (non-hydrogen) atoms. The van der Waals surface area contributed by atoms with Crippen LogP contribution in [0.25, 0.3) is 0 Å². The van der Waals surface area contributed by atoms with Gasteiger partial charge in [0.15, 0.2) is 0 Å². The minimum Gasteiger partial charge on any atom is -0.349 e. The Kier molecular flexibility index (Phi) is 4.53. The Morgan fingerprint density at radius 1 is 1.45 bits per heavy atom.